The minimum atomic E-state index is -4.16. The van der Waals surface area contributed by atoms with Crippen molar-refractivity contribution in [2.75, 3.05) is 7.11 Å². The summed E-state index contributed by atoms with van der Waals surface area (Å²) in [6, 6.07) is 9.27. The van der Waals surface area contributed by atoms with E-state index in [1.807, 2.05) is 6.92 Å². The summed E-state index contributed by atoms with van der Waals surface area (Å²) in [4.78, 5) is 17.2. The Morgan fingerprint density at radius 3 is 2.20 bits per heavy atom. The van der Waals surface area contributed by atoms with Crippen LogP contribution in [0.15, 0.2) is 46.1 Å². The van der Waals surface area contributed by atoms with Gasteiger partial charge in [-0.15, -0.1) is 0 Å². The maximum Gasteiger partial charge on any atom is 0.340 e. The van der Waals surface area contributed by atoms with Gasteiger partial charge in [-0.1, -0.05) is 40.9 Å². The molecule has 0 N–H and O–H groups in total. The summed E-state index contributed by atoms with van der Waals surface area (Å²) in [5.41, 5.74) is 0.643. The van der Waals surface area contributed by atoms with Gasteiger partial charge in [0.2, 0.25) is 5.88 Å². The first-order chi connectivity index (χ1) is 14.1. The van der Waals surface area contributed by atoms with E-state index >= 15 is 0 Å². The van der Waals surface area contributed by atoms with Gasteiger partial charge >= 0.3 is 10.1 Å². The van der Waals surface area contributed by atoms with Gasteiger partial charge in [0, 0.05) is 0 Å². The number of ether oxygens (including phenoxy) is 1. The average Bonchev–Trinajstić information content (AvgIpc) is 2.69. The molecule has 0 aliphatic rings. The van der Waals surface area contributed by atoms with E-state index in [1.54, 1.807) is 24.3 Å². The van der Waals surface area contributed by atoms with Crippen LogP contribution in [-0.4, -0.2) is 25.1 Å². The molecule has 2 aromatic carbocycles. The lowest BCUT2D eigenvalue weighted by atomic mass is 10.2. The molecule has 1 heterocycles. The highest BCUT2D eigenvalue weighted by Gasteiger charge is 2.23. The minimum absolute atomic E-state index is 0.000654. The van der Waals surface area contributed by atoms with Gasteiger partial charge in [-0.05, 0) is 45.0 Å². The van der Waals surface area contributed by atoms with Gasteiger partial charge in [0.05, 0.1) is 23.4 Å². The molecule has 0 saturated carbocycles. The summed E-state index contributed by atoms with van der Waals surface area (Å²) in [6.07, 6.45) is 0. The first-order valence-corrected chi connectivity index (χ1v) is 10.9. The van der Waals surface area contributed by atoms with Crippen molar-refractivity contribution in [1.82, 2.24) is 9.55 Å². The van der Waals surface area contributed by atoms with Crippen LogP contribution in [0.3, 0.4) is 0 Å². The molecular formula is C20H18Cl2N2O5S. The molecule has 0 bridgehead atoms. The van der Waals surface area contributed by atoms with Crippen molar-refractivity contribution < 1.29 is 17.3 Å². The van der Waals surface area contributed by atoms with E-state index in [4.69, 9.17) is 32.1 Å². The lowest BCUT2D eigenvalue weighted by Crippen LogP contribution is -2.26. The van der Waals surface area contributed by atoms with Gasteiger partial charge in [-0.25, -0.2) is 0 Å². The van der Waals surface area contributed by atoms with Gasteiger partial charge in [-0.3, -0.25) is 9.36 Å². The Hall–Kier alpha value is -2.55. The monoisotopic (exact) mass is 468 g/mol. The van der Waals surface area contributed by atoms with Gasteiger partial charge < -0.3 is 8.92 Å². The van der Waals surface area contributed by atoms with Crippen LogP contribution in [-0.2, 0) is 10.1 Å². The molecule has 0 fully saturated rings. The number of aromatic nitrogens is 2. The Morgan fingerprint density at radius 2 is 1.60 bits per heavy atom. The quantitative estimate of drug-likeness (QED) is 0.520. The predicted molar refractivity (Wildman–Crippen MR) is 115 cm³/mol. The molecule has 0 atom stereocenters. The Bertz CT molecular complexity index is 1290. The highest BCUT2D eigenvalue weighted by Crippen LogP contribution is 2.36. The summed E-state index contributed by atoms with van der Waals surface area (Å²) >= 11 is 12.5. The van der Waals surface area contributed by atoms with Crippen molar-refractivity contribution >= 4 is 33.3 Å². The number of aryl methyl sites for hydroxylation is 2. The molecule has 0 radical (unpaired) electrons. The topological polar surface area (TPSA) is 87.5 Å². The Balaban J connectivity index is 2.09. The number of nitrogens with zero attached hydrogens (tertiary/aromatic N) is 2. The van der Waals surface area contributed by atoms with Gasteiger partial charge in [0.15, 0.2) is 0 Å². The molecule has 158 valence electrons. The second-order valence-corrected chi connectivity index (χ2v) is 8.80. The standard InChI is InChI=1S/C20H18Cl2N2O5S/c1-11-5-7-14(8-6-11)30(26,27)29-19-12(2)20(25)24(13(3)23-19)15-9-10-16(28-4)18(22)17(15)21/h5-10H,1-4H3. The molecule has 3 aromatic rings. The average molecular weight is 469 g/mol. The lowest BCUT2D eigenvalue weighted by molar-refractivity contribution is 0.415. The molecule has 0 aliphatic heterocycles. The Labute approximate surface area is 183 Å². The van der Waals surface area contributed by atoms with Crippen molar-refractivity contribution in [3.05, 3.63) is 73.7 Å². The zero-order valence-corrected chi connectivity index (χ0v) is 18.9. The van der Waals surface area contributed by atoms with Crippen molar-refractivity contribution in [2.24, 2.45) is 0 Å². The number of benzene rings is 2. The third-order valence-electron chi connectivity index (χ3n) is 4.42. The fourth-order valence-electron chi connectivity index (χ4n) is 2.76. The molecule has 1 aromatic heterocycles. The first-order valence-electron chi connectivity index (χ1n) is 8.70. The highest BCUT2D eigenvalue weighted by atomic mass is 35.5. The molecule has 0 aliphatic carbocycles. The molecule has 0 spiro atoms. The van der Waals surface area contributed by atoms with Crippen molar-refractivity contribution in [2.45, 2.75) is 25.7 Å². The third-order valence-corrected chi connectivity index (χ3v) is 6.50. The van der Waals surface area contributed by atoms with Crippen LogP contribution in [0, 0.1) is 20.8 Å². The van der Waals surface area contributed by atoms with Crippen LogP contribution in [0.25, 0.3) is 5.69 Å². The van der Waals surface area contributed by atoms with E-state index in [1.165, 1.54) is 37.7 Å². The van der Waals surface area contributed by atoms with Crippen LogP contribution in [0.2, 0.25) is 10.0 Å². The van der Waals surface area contributed by atoms with Gasteiger partial charge in [0.1, 0.15) is 21.5 Å². The van der Waals surface area contributed by atoms with Gasteiger partial charge in [0.25, 0.3) is 5.56 Å². The molecule has 7 nitrogen and oxygen atoms in total. The van der Waals surface area contributed by atoms with E-state index in [-0.39, 0.29) is 37.9 Å². The summed E-state index contributed by atoms with van der Waals surface area (Å²) in [5, 5.41) is 0.242. The van der Waals surface area contributed by atoms with Gasteiger partial charge in [-0.2, -0.15) is 13.4 Å². The van der Waals surface area contributed by atoms with Crippen LogP contribution >= 0.6 is 23.2 Å². The van der Waals surface area contributed by atoms with E-state index < -0.39 is 15.7 Å². The normalized spacial score (nSPS) is 11.4. The number of halogens is 2. The molecule has 0 saturated heterocycles. The van der Waals surface area contributed by atoms with Crippen LogP contribution in [0.5, 0.6) is 11.6 Å². The Morgan fingerprint density at radius 1 is 0.967 bits per heavy atom. The van der Waals surface area contributed by atoms with Crippen LogP contribution in [0.4, 0.5) is 0 Å². The zero-order chi connectivity index (χ0) is 22.2. The Kier molecular flexibility index (Phi) is 6.12. The summed E-state index contributed by atoms with van der Waals surface area (Å²) in [7, 11) is -2.72. The SMILES string of the molecule is COc1ccc(-n2c(C)nc(OS(=O)(=O)c3ccc(C)cc3)c(C)c2=O)c(Cl)c1Cl. The molecular weight excluding hydrogens is 451 g/mol. The molecule has 0 unspecified atom stereocenters. The fourth-order valence-corrected chi connectivity index (χ4v) is 4.17. The summed E-state index contributed by atoms with van der Waals surface area (Å²) in [5.74, 6) is 0.220. The number of hydrogen-bond donors (Lipinski definition) is 0. The molecule has 0 amide bonds. The second kappa shape index (κ2) is 8.29. The van der Waals surface area contributed by atoms with E-state index in [9.17, 15) is 13.2 Å². The van der Waals surface area contributed by atoms with E-state index in [0.717, 1.165) is 5.56 Å². The minimum Gasteiger partial charge on any atom is -0.495 e. The summed E-state index contributed by atoms with van der Waals surface area (Å²) < 4.78 is 36.7. The van der Waals surface area contributed by atoms with E-state index in [2.05, 4.69) is 4.98 Å². The van der Waals surface area contributed by atoms with Crippen LogP contribution in [0.1, 0.15) is 17.0 Å². The third kappa shape index (κ3) is 4.03. The molecule has 30 heavy (non-hydrogen) atoms. The van der Waals surface area contributed by atoms with E-state index in [0.29, 0.717) is 5.75 Å². The second-order valence-electron chi connectivity index (χ2n) is 6.50. The smallest absolute Gasteiger partial charge is 0.340 e. The maximum atomic E-state index is 13.0. The maximum absolute atomic E-state index is 13.0. The predicted octanol–water partition coefficient (Wildman–Crippen LogP) is 4.24. The summed E-state index contributed by atoms with van der Waals surface area (Å²) in [6.45, 7) is 4.79. The van der Waals surface area contributed by atoms with Crippen LogP contribution < -0.4 is 14.5 Å². The number of hydrogen-bond acceptors (Lipinski definition) is 6. The highest BCUT2D eigenvalue weighted by molar-refractivity contribution is 7.87. The largest absolute Gasteiger partial charge is 0.495 e. The molecule has 3 rings (SSSR count). The fraction of sp³-hybridized carbons (Fsp3) is 0.200. The molecule has 10 heteroatoms. The number of methoxy groups -OCH3 is 1. The zero-order valence-electron chi connectivity index (χ0n) is 16.6. The number of rotatable bonds is 5. The first kappa shape index (κ1) is 22.1. The van der Waals surface area contributed by atoms with Crippen molar-refractivity contribution in [3.63, 3.8) is 0 Å². The van der Waals surface area contributed by atoms with Crippen molar-refractivity contribution in [1.29, 1.82) is 0 Å². The van der Waals surface area contributed by atoms with Crippen molar-refractivity contribution in [3.8, 4) is 17.3 Å². The lowest BCUT2D eigenvalue weighted by Gasteiger charge is -2.16.